The van der Waals surface area contributed by atoms with Crippen molar-refractivity contribution in [3.63, 3.8) is 0 Å². The molecule has 0 aromatic carbocycles. The summed E-state index contributed by atoms with van der Waals surface area (Å²) in [5.74, 6) is -0.466. The fraction of sp³-hybridized carbons (Fsp3) is 0.667. The molecule has 0 radical (unpaired) electrons. The van der Waals surface area contributed by atoms with E-state index in [9.17, 15) is 4.79 Å². The average Bonchev–Trinajstić information content (AvgIpc) is 2.46. The van der Waals surface area contributed by atoms with Crippen LogP contribution in [-0.4, -0.2) is 50.8 Å². The summed E-state index contributed by atoms with van der Waals surface area (Å²) < 4.78 is 3.58. The van der Waals surface area contributed by atoms with E-state index in [2.05, 4.69) is 0 Å². The molecule has 0 saturated heterocycles. The summed E-state index contributed by atoms with van der Waals surface area (Å²) in [5.41, 5.74) is 0. The molecule has 0 aliphatic carbocycles. The van der Waals surface area contributed by atoms with E-state index < -0.39 is 5.97 Å². The van der Waals surface area contributed by atoms with Gasteiger partial charge in [-0.2, -0.15) is 8.29 Å². The molecule has 6 heteroatoms. The van der Waals surface area contributed by atoms with Crippen LogP contribution in [0.1, 0.15) is 0 Å². The molecule has 0 unspecified atom stereocenters. The lowest BCUT2D eigenvalue weighted by Crippen LogP contribution is -2.29. The number of amidine groups is 1. The molecule has 0 bridgehead atoms. The number of nitrogens with zero attached hydrogens (tertiary/aromatic N) is 2. The first-order valence-corrected chi connectivity index (χ1v) is 5.80. The van der Waals surface area contributed by atoms with Gasteiger partial charge in [0.25, 0.3) is 0 Å². The molecule has 1 aliphatic heterocycles. The Kier molecular flexibility index (Phi) is 3.28. The van der Waals surface area contributed by atoms with Crippen LogP contribution in [-0.2, 0) is 4.79 Å². The summed E-state index contributed by atoms with van der Waals surface area (Å²) >= 11 is 2.90. The van der Waals surface area contributed by atoms with E-state index in [0.29, 0.717) is 5.84 Å². The van der Waals surface area contributed by atoms with E-state index in [1.54, 1.807) is 8.29 Å². The van der Waals surface area contributed by atoms with Gasteiger partial charge in [-0.3, -0.25) is 0 Å². The fourth-order valence-corrected chi connectivity index (χ4v) is 2.37. The van der Waals surface area contributed by atoms with Crippen molar-refractivity contribution in [2.45, 2.75) is 0 Å². The summed E-state index contributed by atoms with van der Waals surface area (Å²) in [7, 11) is 0. The van der Waals surface area contributed by atoms with Crippen LogP contribution in [0.2, 0.25) is 0 Å². The van der Waals surface area contributed by atoms with Crippen LogP contribution in [0.15, 0.2) is 0 Å². The van der Waals surface area contributed by atoms with Gasteiger partial charge in [-0.25, -0.2) is 4.79 Å². The molecule has 4 nitrogen and oxygen atoms in total. The van der Waals surface area contributed by atoms with Crippen molar-refractivity contribution in [2.75, 3.05) is 25.6 Å². The summed E-state index contributed by atoms with van der Waals surface area (Å²) in [4.78, 5) is 10.8. The molecule has 68 valence electrons. The second kappa shape index (κ2) is 4.04. The summed E-state index contributed by atoms with van der Waals surface area (Å²) in [5, 5.41) is 8.87. The molecule has 1 heterocycles. The van der Waals surface area contributed by atoms with Crippen molar-refractivity contribution in [1.29, 1.82) is 0 Å². The Bertz CT molecular complexity index is 230. The van der Waals surface area contributed by atoms with Crippen LogP contribution in [0, 0.1) is 0 Å². The van der Waals surface area contributed by atoms with Gasteiger partial charge in [-0.05, 0) is 0 Å². The largest absolute Gasteiger partial charge is 0.472 e. The smallest absolute Gasteiger partial charge is 0.421 e. The van der Waals surface area contributed by atoms with Crippen molar-refractivity contribution in [3.8, 4) is 0 Å². The minimum atomic E-state index is -0.851. The fourth-order valence-electron chi connectivity index (χ4n) is 1.09. The van der Waals surface area contributed by atoms with Gasteiger partial charge in [-0.15, -0.1) is 0 Å². The molecule has 0 spiro atoms. The van der Waals surface area contributed by atoms with E-state index in [1.807, 2.05) is 12.5 Å². The minimum Gasteiger partial charge on any atom is -0.472 e. The first-order valence-electron chi connectivity index (χ1n) is 3.44. The third kappa shape index (κ3) is 1.69. The predicted octanol–water partition coefficient (Wildman–Crippen LogP) is 0.354. The summed E-state index contributed by atoms with van der Waals surface area (Å²) in [6, 6.07) is 0. The lowest BCUT2D eigenvalue weighted by atomic mass is 10.6. The molecule has 0 fully saturated rings. The first-order chi connectivity index (χ1) is 5.70. The zero-order valence-corrected chi connectivity index (χ0v) is 8.61. The van der Waals surface area contributed by atoms with Crippen LogP contribution in [0.4, 0.5) is 0 Å². The van der Waals surface area contributed by atoms with E-state index in [0.717, 1.165) is 13.1 Å². The van der Waals surface area contributed by atoms with Gasteiger partial charge in [-0.1, -0.05) is 0 Å². The summed E-state index contributed by atoms with van der Waals surface area (Å²) in [6.07, 6.45) is 3.76. The quantitative estimate of drug-likeness (QED) is 0.534. The van der Waals surface area contributed by atoms with E-state index >= 15 is 0 Å². The molecule has 12 heavy (non-hydrogen) atoms. The van der Waals surface area contributed by atoms with E-state index in [1.165, 1.54) is 23.9 Å². The lowest BCUT2D eigenvalue weighted by Gasteiger charge is -2.02. The number of hydrogen-bond donors (Lipinski definition) is 1. The number of carboxylic acid groups (broad SMARTS) is 1. The molecule has 0 amide bonds. The predicted molar refractivity (Wildman–Crippen MR) is 51.5 cm³/mol. The Morgan fingerprint density at radius 1 is 1.67 bits per heavy atom. The number of carbonyl (C=O) groups is 1. The van der Waals surface area contributed by atoms with Crippen molar-refractivity contribution < 1.29 is 13.9 Å². The van der Waals surface area contributed by atoms with Gasteiger partial charge < -0.3 is 5.11 Å². The van der Waals surface area contributed by atoms with Gasteiger partial charge in [0.1, 0.15) is 13.1 Å². The van der Waals surface area contributed by atoms with Gasteiger partial charge >= 0.3 is 11.8 Å². The van der Waals surface area contributed by atoms with Crippen molar-refractivity contribution in [3.05, 3.63) is 0 Å². The Labute approximate surface area is 79.9 Å². The van der Waals surface area contributed by atoms with E-state index in [-0.39, 0.29) is 0 Å². The molecular weight excluding hydrogens is 196 g/mol. The highest BCUT2D eigenvalue weighted by Crippen LogP contribution is 2.15. The highest BCUT2D eigenvalue weighted by atomic mass is 32.2. The molecule has 1 N–H and O–H groups in total. The van der Waals surface area contributed by atoms with Gasteiger partial charge in [0.05, 0.1) is 23.9 Å². The standard InChI is InChI=1S/C6H10N2O2S2/c1-11-7-3-4-8(12-2)5(7)6(9)10/h3-4H2,1-2H3/p+1. The number of hydrogen-bond acceptors (Lipinski definition) is 4. The Balaban J connectivity index is 2.88. The molecule has 1 rings (SSSR count). The molecule has 0 aromatic rings. The monoisotopic (exact) mass is 207 g/mol. The van der Waals surface area contributed by atoms with Gasteiger partial charge in [0.2, 0.25) is 0 Å². The highest BCUT2D eigenvalue weighted by molar-refractivity contribution is 7.97. The molecule has 1 aliphatic rings. The number of aliphatic carboxylic acids is 1. The number of carboxylic acids is 1. The second-order valence-corrected chi connectivity index (χ2v) is 3.81. The maximum Gasteiger partial charge on any atom is 0.421 e. The first kappa shape index (κ1) is 9.73. The second-order valence-electron chi connectivity index (χ2n) is 2.20. The SMILES string of the molecule is CSN1CC[N+](SC)=C1C(=O)O. The summed E-state index contributed by atoms with van der Waals surface area (Å²) in [6.45, 7) is 1.56. The molecular formula is C6H11N2O2S2+. The molecule has 0 saturated carbocycles. The van der Waals surface area contributed by atoms with Gasteiger partial charge in [0, 0.05) is 12.5 Å². The Morgan fingerprint density at radius 2 is 2.33 bits per heavy atom. The van der Waals surface area contributed by atoms with Crippen molar-refractivity contribution >= 4 is 35.7 Å². The van der Waals surface area contributed by atoms with Crippen LogP contribution < -0.4 is 0 Å². The highest BCUT2D eigenvalue weighted by Gasteiger charge is 2.36. The van der Waals surface area contributed by atoms with Crippen molar-refractivity contribution in [1.82, 2.24) is 4.31 Å². The number of rotatable bonds is 3. The van der Waals surface area contributed by atoms with Gasteiger partial charge in [0.15, 0.2) is 0 Å². The normalized spacial score (nSPS) is 17.3. The maximum absolute atomic E-state index is 10.8. The lowest BCUT2D eigenvalue weighted by molar-refractivity contribution is -0.333. The topological polar surface area (TPSA) is 43.5 Å². The average molecular weight is 207 g/mol. The zero-order valence-electron chi connectivity index (χ0n) is 6.98. The Morgan fingerprint density at radius 3 is 2.75 bits per heavy atom. The third-order valence-electron chi connectivity index (χ3n) is 1.61. The maximum atomic E-state index is 10.8. The molecule has 0 atom stereocenters. The third-order valence-corrected chi connectivity index (χ3v) is 3.20. The van der Waals surface area contributed by atoms with Crippen molar-refractivity contribution in [2.24, 2.45) is 0 Å². The van der Waals surface area contributed by atoms with Crippen LogP contribution in [0.3, 0.4) is 0 Å². The Hall–Kier alpha value is -0.360. The van der Waals surface area contributed by atoms with Crippen LogP contribution >= 0.6 is 23.9 Å². The minimum absolute atomic E-state index is 0.384. The van der Waals surface area contributed by atoms with Crippen LogP contribution in [0.5, 0.6) is 0 Å². The zero-order chi connectivity index (χ0) is 9.14. The van der Waals surface area contributed by atoms with Crippen LogP contribution in [0.25, 0.3) is 0 Å². The van der Waals surface area contributed by atoms with E-state index in [4.69, 9.17) is 5.11 Å². The molecule has 0 aromatic heterocycles.